The minimum Gasteiger partial charge on any atom is -0.349 e. The summed E-state index contributed by atoms with van der Waals surface area (Å²) in [5, 5.41) is 9.60. The van der Waals surface area contributed by atoms with Crippen LogP contribution in [0.5, 0.6) is 0 Å². The van der Waals surface area contributed by atoms with Crippen molar-refractivity contribution in [2.75, 3.05) is 6.54 Å². The van der Waals surface area contributed by atoms with Gasteiger partial charge in [0.05, 0.1) is 12.5 Å². The van der Waals surface area contributed by atoms with Crippen LogP contribution in [-0.2, 0) is 11.3 Å². The van der Waals surface area contributed by atoms with Gasteiger partial charge < -0.3 is 5.32 Å². The number of fused-ring (bicyclic) bond motifs is 1. The highest BCUT2D eigenvalue weighted by molar-refractivity contribution is 5.80. The van der Waals surface area contributed by atoms with Gasteiger partial charge in [0.2, 0.25) is 5.91 Å². The van der Waals surface area contributed by atoms with Gasteiger partial charge in [0.1, 0.15) is 12.2 Å². The van der Waals surface area contributed by atoms with Crippen LogP contribution in [0, 0.1) is 5.92 Å². The van der Waals surface area contributed by atoms with Crippen LogP contribution in [-0.4, -0.2) is 38.6 Å². The van der Waals surface area contributed by atoms with Gasteiger partial charge in [0, 0.05) is 12.1 Å². The molecule has 1 amide bonds. The van der Waals surface area contributed by atoms with E-state index in [-0.39, 0.29) is 11.8 Å². The number of amides is 1. The van der Waals surface area contributed by atoms with Gasteiger partial charge in [-0.3, -0.25) is 14.8 Å². The first-order valence-electron chi connectivity index (χ1n) is 8.25. The van der Waals surface area contributed by atoms with Gasteiger partial charge in [-0.15, -0.1) is 0 Å². The molecule has 0 aliphatic carbocycles. The monoisotopic (exact) mass is 311 g/mol. The van der Waals surface area contributed by atoms with Crippen LogP contribution in [0.3, 0.4) is 0 Å². The summed E-state index contributed by atoms with van der Waals surface area (Å²) >= 11 is 0. The van der Waals surface area contributed by atoms with E-state index >= 15 is 0 Å². The summed E-state index contributed by atoms with van der Waals surface area (Å²) in [7, 11) is 0. The predicted molar refractivity (Wildman–Crippen MR) is 85.2 cm³/mol. The first kappa shape index (κ1) is 14.4. The highest BCUT2D eigenvalue weighted by atomic mass is 16.2. The molecule has 0 unspecified atom stereocenters. The van der Waals surface area contributed by atoms with Crippen LogP contribution in [0.1, 0.15) is 36.7 Å². The van der Waals surface area contributed by atoms with Crippen LogP contribution in [0.25, 0.3) is 0 Å². The predicted octanol–water partition coefficient (Wildman–Crippen LogP) is 1.65. The molecular formula is C17H21N5O. The quantitative estimate of drug-likeness (QED) is 0.900. The number of carbonyl (C=O) groups excluding carboxylic acids is 1. The zero-order valence-electron chi connectivity index (χ0n) is 13.0. The molecule has 2 fully saturated rings. The molecule has 6 nitrogen and oxygen atoms in total. The van der Waals surface area contributed by atoms with E-state index in [2.05, 4.69) is 49.7 Å². The SMILES string of the molecule is O=C(NCc1ncn[nH]1)[C@H]1C[C@@H](c2ccccc2)N2CCC[C@H]12. The van der Waals surface area contributed by atoms with Gasteiger partial charge in [-0.1, -0.05) is 30.3 Å². The summed E-state index contributed by atoms with van der Waals surface area (Å²) in [6.45, 7) is 1.51. The van der Waals surface area contributed by atoms with Crippen molar-refractivity contribution >= 4 is 5.91 Å². The molecule has 120 valence electrons. The van der Waals surface area contributed by atoms with Gasteiger partial charge in [-0.25, -0.2) is 4.98 Å². The van der Waals surface area contributed by atoms with Crippen LogP contribution in [0.4, 0.5) is 0 Å². The molecule has 2 aromatic rings. The van der Waals surface area contributed by atoms with E-state index in [4.69, 9.17) is 0 Å². The molecule has 2 N–H and O–H groups in total. The molecule has 2 aliphatic rings. The number of H-pyrrole nitrogens is 1. The topological polar surface area (TPSA) is 73.9 Å². The summed E-state index contributed by atoms with van der Waals surface area (Å²) in [4.78, 5) is 19.2. The maximum Gasteiger partial charge on any atom is 0.225 e. The van der Waals surface area contributed by atoms with Crippen molar-refractivity contribution in [1.82, 2.24) is 25.4 Å². The highest BCUT2D eigenvalue weighted by Crippen LogP contribution is 2.44. The number of benzene rings is 1. The Morgan fingerprint density at radius 3 is 3.00 bits per heavy atom. The normalized spacial score (nSPS) is 27.0. The third-order valence-corrected chi connectivity index (χ3v) is 5.10. The molecule has 23 heavy (non-hydrogen) atoms. The van der Waals surface area contributed by atoms with Crippen molar-refractivity contribution in [3.8, 4) is 0 Å². The lowest BCUT2D eigenvalue weighted by molar-refractivity contribution is -0.125. The molecule has 4 rings (SSSR count). The van der Waals surface area contributed by atoms with E-state index < -0.39 is 0 Å². The fourth-order valence-electron chi connectivity index (χ4n) is 4.07. The molecule has 3 heterocycles. The fourth-order valence-corrected chi connectivity index (χ4v) is 4.07. The number of hydrogen-bond donors (Lipinski definition) is 2. The Labute approximate surface area is 135 Å². The van der Waals surface area contributed by atoms with Crippen molar-refractivity contribution in [2.45, 2.75) is 37.9 Å². The third kappa shape index (κ3) is 2.74. The van der Waals surface area contributed by atoms with Crippen LogP contribution in [0.2, 0.25) is 0 Å². The molecule has 0 spiro atoms. The van der Waals surface area contributed by atoms with Gasteiger partial charge in [-0.2, -0.15) is 5.10 Å². The van der Waals surface area contributed by atoms with Crippen molar-refractivity contribution in [2.24, 2.45) is 5.92 Å². The second kappa shape index (κ2) is 6.12. The number of rotatable bonds is 4. The molecule has 6 heteroatoms. The maximum absolute atomic E-state index is 12.7. The number of aromatic amines is 1. The molecule has 1 aromatic heterocycles. The van der Waals surface area contributed by atoms with Crippen LogP contribution >= 0.6 is 0 Å². The second-order valence-electron chi connectivity index (χ2n) is 6.37. The molecule has 2 aliphatic heterocycles. The Bertz CT molecular complexity index is 657. The Morgan fingerprint density at radius 1 is 1.35 bits per heavy atom. The van der Waals surface area contributed by atoms with E-state index in [0.29, 0.717) is 24.5 Å². The maximum atomic E-state index is 12.7. The average molecular weight is 311 g/mol. The lowest BCUT2D eigenvalue weighted by atomic mass is 9.93. The first-order valence-corrected chi connectivity index (χ1v) is 8.25. The largest absolute Gasteiger partial charge is 0.349 e. The second-order valence-corrected chi connectivity index (χ2v) is 6.37. The summed E-state index contributed by atoms with van der Waals surface area (Å²) in [6, 6.07) is 11.3. The average Bonchev–Trinajstić information content (AvgIpc) is 3.30. The molecule has 0 saturated carbocycles. The molecule has 3 atom stereocenters. The third-order valence-electron chi connectivity index (χ3n) is 5.10. The lowest BCUT2D eigenvalue weighted by Gasteiger charge is -2.24. The standard InChI is InChI=1S/C17H21N5O/c23-17(18-10-16-19-11-20-21-16)13-9-15(12-5-2-1-3-6-12)22-8-4-7-14(13)22/h1-3,5-6,11,13-15H,4,7-10H2,(H,18,23)(H,19,20,21)/t13-,14+,15-/m0/s1. The van der Waals surface area contributed by atoms with Crippen molar-refractivity contribution in [1.29, 1.82) is 0 Å². The van der Waals surface area contributed by atoms with Gasteiger partial charge in [0.15, 0.2) is 0 Å². The summed E-state index contributed by atoms with van der Waals surface area (Å²) in [6.07, 6.45) is 4.65. The summed E-state index contributed by atoms with van der Waals surface area (Å²) in [5.41, 5.74) is 1.32. The Morgan fingerprint density at radius 2 is 2.22 bits per heavy atom. The van der Waals surface area contributed by atoms with Gasteiger partial charge in [-0.05, 0) is 31.4 Å². The van der Waals surface area contributed by atoms with Gasteiger partial charge in [0.25, 0.3) is 0 Å². The summed E-state index contributed by atoms with van der Waals surface area (Å²) < 4.78 is 0. The summed E-state index contributed by atoms with van der Waals surface area (Å²) in [5.74, 6) is 0.890. The number of hydrogen-bond acceptors (Lipinski definition) is 4. The van der Waals surface area contributed by atoms with Crippen molar-refractivity contribution in [3.05, 3.63) is 48.0 Å². The molecular weight excluding hydrogens is 290 g/mol. The molecule has 2 saturated heterocycles. The number of nitrogens with one attached hydrogen (secondary N) is 2. The lowest BCUT2D eigenvalue weighted by Crippen LogP contribution is -2.37. The smallest absolute Gasteiger partial charge is 0.225 e. The van der Waals surface area contributed by atoms with E-state index in [9.17, 15) is 4.79 Å². The zero-order chi connectivity index (χ0) is 15.6. The van der Waals surface area contributed by atoms with Crippen LogP contribution in [0.15, 0.2) is 36.7 Å². The number of nitrogens with zero attached hydrogens (tertiary/aromatic N) is 3. The van der Waals surface area contributed by atoms with Crippen molar-refractivity contribution < 1.29 is 4.79 Å². The number of aromatic nitrogens is 3. The van der Waals surface area contributed by atoms with E-state index in [0.717, 1.165) is 19.4 Å². The molecule has 0 radical (unpaired) electrons. The molecule has 0 bridgehead atoms. The zero-order valence-corrected chi connectivity index (χ0v) is 13.0. The van der Waals surface area contributed by atoms with E-state index in [1.807, 2.05) is 6.07 Å². The van der Waals surface area contributed by atoms with Gasteiger partial charge >= 0.3 is 0 Å². The van der Waals surface area contributed by atoms with E-state index in [1.54, 1.807) is 0 Å². The Balaban J connectivity index is 1.47. The number of carbonyl (C=O) groups is 1. The van der Waals surface area contributed by atoms with Crippen molar-refractivity contribution in [3.63, 3.8) is 0 Å². The molecule has 1 aromatic carbocycles. The Kier molecular flexibility index (Phi) is 3.83. The fraction of sp³-hybridized carbons (Fsp3) is 0.471. The Hall–Kier alpha value is -2.21. The van der Waals surface area contributed by atoms with E-state index in [1.165, 1.54) is 18.3 Å². The first-order chi connectivity index (χ1) is 11.3. The van der Waals surface area contributed by atoms with Crippen LogP contribution < -0.4 is 5.32 Å². The highest BCUT2D eigenvalue weighted by Gasteiger charge is 2.46. The minimum absolute atomic E-state index is 0.0608. The minimum atomic E-state index is 0.0608.